The molecule has 0 amide bonds. The molecule has 0 spiro atoms. The minimum absolute atomic E-state index is 0.0203. The van der Waals surface area contributed by atoms with Gasteiger partial charge in [-0.2, -0.15) is 0 Å². The molecule has 0 aliphatic rings. The number of benzene rings is 1. The van der Waals surface area contributed by atoms with E-state index in [1.807, 2.05) is 0 Å². The second kappa shape index (κ2) is 4.78. The lowest BCUT2D eigenvalue weighted by Crippen LogP contribution is -2.11. The molecular weight excluding hydrogens is 259 g/mol. The Morgan fingerprint density at radius 1 is 1.56 bits per heavy atom. The Morgan fingerprint density at radius 2 is 2.28 bits per heavy atom. The summed E-state index contributed by atoms with van der Waals surface area (Å²) in [6.45, 7) is 1.74. The van der Waals surface area contributed by atoms with Crippen LogP contribution in [-0.4, -0.2) is 20.6 Å². The highest BCUT2D eigenvalue weighted by molar-refractivity contribution is 6.30. The highest BCUT2D eigenvalue weighted by Crippen LogP contribution is 2.17. The summed E-state index contributed by atoms with van der Waals surface area (Å²) in [6.07, 6.45) is 1.25. The lowest BCUT2D eigenvalue weighted by atomic mass is 10.2. The van der Waals surface area contributed by atoms with Crippen molar-refractivity contribution in [3.05, 3.63) is 52.3 Å². The van der Waals surface area contributed by atoms with E-state index in [1.54, 1.807) is 6.92 Å². The lowest BCUT2D eigenvalue weighted by Gasteiger charge is -2.09. The second-order valence-electron chi connectivity index (χ2n) is 3.82. The van der Waals surface area contributed by atoms with E-state index in [0.717, 1.165) is 0 Å². The molecule has 0 aliphatic carbocycles. The zero-order valence-corrected chi connectivity index (χ0v) is 10.3. The molecule has 6 heteroatoms. The van der Waals surface area contributed by atoms with Gasteiger partial charge in [0.1, 0.15) is 17.3 Å². The first kappa shape index (κ1) is 12.6. The third-order valence-corrected chi connectivity index (χ3v) is 2.85. The molecule has 0 saturated carbocycles. The summed E-state index contributed by atoms with van der Waals surface area (Å²) >= 11 is 5.79. The zero-order chi connectivity index (χ0) is 13.3. The predicted octanol–water partition coefficient (Wildman–Crippen LogP) is 2.73. The molecular formula is C12H10ClFN2O2. The number of halogens is 2. The molecule has 0 unspecified atom stereocenters. The number of carboxylic acid groups (broad SMARTS) is 1. The Morgan fingerprint density at radius 3 is 2.94 bits per heavy atom. The number of imidazole rings is 1. The first-order valence-electron chi connectivity index (χ1n) is 5.18. The average Bonchev–Trinajstić information content (AvgIpc) is 2.66. The van der Waals surface area contributed by atoms with Crippen LogP contribution in [0.2, 0.25) is 5.02 Å². The standard InChI is InChI=1S/C12H10ClFN2O2/c1-7-15-5-11(12(17)18)16(7)6-8-4-9(13)2-3-10(8)14/h2-5H,6H2,1H3,(H,17,18). The van der Waals surface area contributed by atoms with E-state index >= 15 is 0 Å². The van der Waals surface area contributed by atoms with Crippen LogP contribution in [0.25, 0.3) is 0 Å². The van der Waals surface area contributed by atoms with Crippen LogP contribution in [0.1, 0.15) is 21.9 Å². The van der Waals surface area contributed by atoms with Crippen LogP contribution in [0.5, 0.6) is 0 Å². The van der Waals surface area contributed by atoms with Crippen LogP contribution in [0.15, 0.2) is 24.4 Å². The van der Waals surface area contributed by atoms with Gasteiger partial charge in [0.25, 0.3) is 0 Å². The molecule has 0 atom stereocenters. The highest BCUT2D eigenvalue weighted by Gasteiger charge is 2.15. The number of aromatic carboxylic acids is 1. The van der Waals surface area contributed by atoms with Crippen molar-refractivity contribution in [3.8, 4) is 0 Å². The Balaban J connectivity index is 2.42. The van der Waals surface area contributed by atoms with Gasteiger partial charge in [0.15, 0.2) is 0 Å². The van der Waals surface area contributed by atoms with E-state index in [0.29, 0.717) is 16.4 Å². The summed E-state index contributed by atoms with van der Waals surface area (Å²) in [6, 6.07) is 4.17. The fraction of sp³-hybridized carbons (Fsp3) is 0.167. The number of aromatic nitrogens is 2. The zero-order valence-electron chi connectivity index (χ0n) is 9.52. The van der Waals surface area contributed by atoms with Gasteiger partial charge in [-0.3, -0.25) is 0 Å². The fourth-order valence-corrected chi connectivity index (χ4v) is 1.87. The number of nitrogens with zero attached hydrogens (tertiary/aromatic N) is 2. The van der Waals surface area contributed by atoms with Gasteiger partial charge in [-0.05, 0) is 25.1 Å². The number of carboxylic acids is 1. The third-order valence-electron chi connectivity index (χ3n) is 2.61. The molecule has 1 aromatic heterocycles. The van der Waals surface area contributed by atoms with E-state index in [2.05, 4.69) is 4.98 Å². The highest BCUT2D eigenvalue weighted by atomic mass is 35.5. The minimum atomic E-state index is -1.10. The molecule has 18 heavy (non-hydrogen) atoms. The number of aryl methyl sites for hydroxylation is 1. The molecule has 1 aromatic carbocycles. The van der Waals surface area contributed by atoms with Crippen LogP contribution >= 0.6 is 11.6 Å². The van der Waals surface area contributed by atoms with Gasteiger partial charge < -0.3 is 9.67 Å². The van der Waals surface area contributed by atoms with Crippen LogP contribution in [0, 0.1) is 12.7 Å². The molecule has 1 N–H and O–H groups in total. The smallest absolute Gasteiger partial charge is 0.354 e. The maximum absolute atomic E-state index is 13.6. The Hall–Kier alpha value is -1.88. The Labute approximate surface area is 108 Å². The van der Waals surface area contributed by atoms with Gasteiger partial charge in [-0.15, -0.1) is 0 Å². The second-order valence-corrected chi connectivity index (χ2v) is 4.25. The van der Waals surface area contributed by atoms with E-state index in [-0.39, 0.29) is 12.2 Å². The molecule has 0 saturated heterocycles. The van der Waals surface area contributed by atoms with Crippen LogP contribution in [0.3, 0.4) is 0 Å². The summed E-state index contributed by atoms with van der Waals surface area (Å²) in [5.41, 5.74) is 0.345. The van der Waals surface area contributed by atoms with Crippen LogP contribution < -0.4 is 0 Å². The van der Waals surface area contributed by atoms with Crippen molar-refractivity contribution in [2.24, 2.45) is 0 Å². The summed E-state index contributed by atoms with van der Waals surface area (Å²) in [7, 11) is 0. The number of hydrogen-bond donors (Lipinski definition) is 1. The summed E-state index contributed by atoms with van der Waals surface area (Å²) in [5, 5.41) is 9.40. The summed E-state index contributed by atoms with van der Waals surface area (Å²) in [4.78, 5) is 14.9. The first-order chi connectivity index (χ1) is 8.49. The van der Waals surface area contributed by atoms with E-state index < -0.39 is 11.8 Å². The molecule has 0 fully saturated rings. The third kappa shape index (κ3) is 2.36. The molecule has 0 aliphatic heterocycles. The largest absolute Gasteiger partial charge is 0.477 e. The van der Waals surface area contributed by atoms with Gasteiger partial charge in [-0.25, -0.2) is 14.2 Å². The van der Waals surface area contributed by atoms with Gasteiger partial charge in [0.2, 0.25) is 0 Å². The predicted molar refractivity (Wildman–Crippen MR) is 64.4 cm³/mol. The van der Waals surface area contributed by atoms with E-state index in [1.165, 1.54) is 29.0 Å². The first-order valence-corrected chi connectivity index (χ1v) is 5.56. The molecule has 4 nitrogen and oxygen atoms in total. The molecule has 0 radical (unpaired) electrons. The maximum atomic E-state index is 13.6. The molecule has 0 bridgehead atoms. The normalized spacial score (nSPS) is 10.6. The molecule has 1 heterocycles. The minimum Gasteiger partial charge on any atom is -0.477 e. The van der Waals surface area contributed by atoms with Crippen molar-refractivity contribution >= 4 is 17.6 Å². The summed E-state index contributed by atoms with van der Waals surface area (Å²) in [5.74, 6) is -1.02. The van der Waals surface area contributed by atoms with Gasteiger partial charge in [0, 0.05) is 10.6 Å². The van der Waals surface area contributed by atoms with Gasteiger partial charge >= 0.3 is 5.97 Å². The van der Waals surface area contributed by atoms with Crippen molar-refractivity contribution in [2.45, 2.75) is 13.5 Å². The van der Waals surface area contributed by atoms with Crippen molar-refractivity contribution in [2.75, 3.05) is 0 Å². The molecule has 94 valence electrons. The average molecular weight is 269 g/mol. The SMILES string of the molecule is Cc1ncc(C(=O)O)n1Cc1cc(Cl)ccc1F. The van der Waals surface area contributed by atoms with Crippen molar-refractivity contribution < 1.29 is 14.3 Å². The Bertz CT molecular complexity index is 610. The lowest BCUT2D eigenvalue weighted by molar-refractivity contribution is 0.0685. The number of rotatable bonds is 3. The Kier molecular flexibility index (Phi) is 3.34. The van der Waals surface area contributed by atoms with E-state index in [4.69, 9.17) is 16.7 Å². The van der Waals surface area contributed by atoms with Crippen molar-refractivity contribution in [1.82, 2.24) is 9.55 Å². The van der Waals surface area contributed by atoms with Gasteiger partial charge in [0.05, 0.1) is 12.7 Å². The molecule has 2 rings (SSSR count). The fourth-order valence-electron chi connectivity index (χ4n) is 1.67. The number of carbonyl (C=O) groups is 1. The van der Waals surface area contributed by atoms with E-state index in [9.17, 15) is 9.18 Å². The molecule has 2 aromatic rings. The maximum Gasteiger partial charge on any atom is 0.354 e. The van der Waals surface area contributed by atoms with Crippen molar-refractivity contribution in [3.63, 3.8) is 0 Å². The quantitative estimate of drug-likeness (QED) is 0.931. The van der Waals surface area contributed by atoms with Crippen LogP contribution in [0.4, 0.5) is 4.39 Å². The topological polar surface area (TPSA) is 55.1 Å². The summed E-state index contributed by atoms with van der Waals surface area (Å²) < 4.78 is 15.0. The van der Waals surface area contributed by atoms with Crippen LogP contribution in [-0.2, 0) is 6.54 Å². The monoisotopic (exact) mass is 268 g/mol. The van der Waals surface area contributed by atoms with Gasteiger partial charge in [-0.1, -0.05) is 11.6 Å². The number of hydrogen-bond acceptors (Lipinski definition) is 2. The van der Waals surface area contributed by atoms with Crippen molar-refractivity contribution in [1.29, 1.82) is 0 Å².